The van der Waals surface area contributed by atoms with Gasteiger partial charge in [0.2, 0.25) is 0 Å². The molecule has 2 aliphatic heterocycles. The van der Waals surface area contributed by atoms with Gasteiger partial charge in [0.15, 0.2) is 5.96 Å². The van der Waals surface area contributed by atoms with Crippen LogP contribution >= 0.6 is 0 Å². The highest BCUT2D eigenvalue weighted by Crippen LogP contribution is 2.39. The second-order valence-corrected chi connectivity index (χ2v) is 11.8. The Balaban J connectivity index is 1.25. The highest BCUT2D eigenvalue weighted by molar-refractivity contribution is 6.06. The Hall–Kier alpha value is -3.30. The van der Waals surface area contributed by atoms with E-state index < -0.39 is 5.54 Å². The number of likely N-dealkylation sites (tertiary alicyclic amines) is 1. The van der Waals surface area contributed by atoms with Gasteiger partial charge >= 0.3 is 12.1 Å². The Labute approximate surface area is 244 Å². The van der Waals surface area contributed by atoms with Crippen LogP contribution in [0.15, 0.2) is 29.3 Å². The molecular formula is C31H48N6O4. The maximum atomic E-state index is 13.8. The predicted octanol–water partition coefficient (Wildman–Crippen LogP) is 4.66. The zero-order valence-corrected chi connectivity index (χ0v) is 24.8. The van der Waals surface area contributed by atoms with Gasteiger partial charge in [0.1, 0.15) is 5.54 Å². The SMILES string of the molecule is CCCCC1(CC2CCCCC2)N=C(N)N(Cc2ccc(CNC(=O)NC3CCN(C(=O)OCC)CC3)cc2)C1=O. The van der Waals surface area contributed by atoms with E-state index in [-0.39, 0.29) is 24.1 Å². The minimum absolute atomic E-state index is 0.0238. The van der Waals surface area contributed by atoms with E-state index in [9.17, 15) is 14.4 Å². The molecule has 10 nitrogen and oxygen atoms in total. The van der Waals surface area contributed by atoms with Gasteiger partial charge in [0.25, 0.3) is 5.91 Å². The molecule has 1 saturated carbocycles. The average Bonchev–Trinajstić information content (AvgIpc) is 3.20. The lowest BCUT2D eigenvalue weighted by Gasteiger charge is -2.32. The van der Waals surface area contributed by atoms with Gasteiger partial charge < -0.3 is 26.0 Å². The maximum absolute atomic E-state index is 13.8. The van der Waals surface area contributed by atoms with Gasteiger partial charge in [-0.2, -0.15) is 0 Å². The molecule has 0 radical (unpaired) electrons. The lowest BCUT2D eigenvalue weighted by atomic mass is 9.77. The van der Waals surface area contributed by atoms with Crippen molar-refractivity contribution < 1.29 is 19.1 Å². The third-order valence-electron chi connectivity index (χ3n) is 8.72. The number of nitrogens with zero attached hydrogens (tertiary/aromatic N) is 3. The van der Waals surface area contributed by atoms with Crippen molar-refractivity contribution in [3.05, 3.63) is 35.4 Å². The topological polar surface area (TPSA) is 129 Å². The van der Waals surface area contributed by atoms with Gasteiger partial charge in [-0.3, -0.25) is 9.69 Å². The lowest BCUT2D eigenvalue weighted by molar-refractivity contribution is -0.132. The number of nitrogens with one attached hydrogen (secondary N) is 2. The van der Waals surface area contributed by atoms with Gasteiger partial charge in [-0.1, -0.05) is 76.1 Å². The summed E-state index contributed by atoms with van der Waals surface area (Å²) in [5.74, 6) is 0.921. The minimum Gasteiger partial charge on any atom is -0.450 e. The molecule has 4 amide bonds. The molecule has 1 aliphatic carbocycles. The third-order valence-corrected chi connectivity index (χ3v) is 8.72. The molecule has 1 saturated heterocycles. The van der Waals surface area contributed by atoms with Crippen molar-refractivity contribution in [3.8, 4) is 0 Å². The van der Waals surface area contributed by atoms with Crippen LogP contribution in [0.5, 0.6) is 0 Å². The van der Waals surface area contributed by atoms with E-state index in [1.165, 1.54) is 32.1 Å². The first kappa shape index (κ1) is 30.7. The molecule has 10 heteroatoms. The smallest absolute Gasteiger partial charge is 0.409 e. The van der Waals surface area contributed by atoms with Crippen molar-refractivity contribution in [1.82, 2.24) is 20.4 Å². The molecule has 1 aromatic rings. The molecule has 0 spiro atoms. The fourth-order valence-corrected chi connectivity index (χ4v) is 6.36. The lowest BCUT2D eigenvalue weighted by Crippen LogP contribution is -2.49. The predicted molar refractivity (Wildman–Crippen MR) is 159 cm³/mol. The zero-order chi connectivity index (χ0) is 29.2. The minimum atomic E-state index is -0.714. The summed E-state index contributed by atoms with van der Waals surface area (Å²) in [5, 5.41) is 5.92. The number of amides is 4. The van der Waals surface area contributed by atoms with Crippen LogP contribution in [0.2, 0.25) is 0 Å². The molecule has 4 N–H and O–H groups in total. The second kappa shape index (κ2) is 14.5. The molecule has 1 atom stereocenters. The summed E-state index contributed by atoms with van der Waals surface area (Å²) in [6.45, 7) is 6.22. The second-order valence-electron chi connectivity index (χ2n) is 11.8. The quantitative estimate of drug-likeness (QED) is 0.357. The Morgan fingerprint density at radius 2 is 1.73 bits per heavy atom. The van der Waals surface area contributed by atoms with E-state index in [4.69, 9.17) is 15.5 Å². The van der Waals surface area contributed by atoms with Crippen LogP contribution in [0, 0.1) is 5.92 Å². The molecule has 4 rings (SSSR count). The van der Waals surface area contributed by atoms with E-state index in [1.807, 2.05) is 24.3 Å². The summed E-state index contributed by atoms with van der Waals surface area (Å²) in [4.78, 5) is 46.2. The standard InChI is InChI=1S/C31H48N6O4/c1-3-5-17-31(20-23-9-7-6-8-10-23)27(38)37(28(32)35-31)22-25-13-11-24(12-14-25)21-33-29(39)34-26-15-18-36(19-16-26)30(40)41-4-2/h11-14,23,26H,3-10,15-22H2,1-2H3,(H2,32,35)(H2,33,34,39). The normalized spacial score (nSPS) is 22.0. The van der Waals surface area contributed by atoms with E-state index >= 15 is 0 Å². The number of hydrogen-bond donors (Lipinski definition) is 3. The highest BCUT2D eigenvalue weighted by atomic mass is 16.6. The molecule has 3 aliphatic rings. The van der Waals surface area contributed by atoms with Crippen LogP contribution in [-0.2, 0) is 22.6 Å². The van der Waals surface area contributed by atoms with Crippen LogP contribution in [0.1, 0.15) is 95.6 Å². The summed E-state index contributed by atoms with van der Waals surface area (Å²) in [7, 11) is 0. The van der Waals surface area contributed by atoms with Crippen molar-refractivity contribution in [2.45, 2.75) is 109 Å². The van der Waals surface area contributed by atoms with Gasteiger partial charge in [-0.05, 0) is 49.7 Å². The Bertz CT molecular complexity index is 1060. The number of carbonyl (C=O) groups excluding carboxylic acids is 3. The number of urea groups is 1. The number of aliphatic imine (C=N–C) groups is 1. The third kappa shape index (κ3) is 8.14. The number of piperidine rings is 1. The first-order valence-corrected chi connectivity index (χ1v) is 15.5. The maximum Gasteiger partial charge on any atom is 0.409 e. The summed E-state index contributed by atoms with van der Waals surface area (Å²) in [6.07, 6.45) is 10.8. The average molecular weight is 569 g/mol. The van der Waals surface area contributed by atoms with E-state index in [0.29, 0.717) is 57.5 Å². The van der Waals surface area contributed by atoms with Crippen molar-refractivity contribution in [2.24, 2.45) is 16.6 Å². The Morgan fingerprint density at radius 1 is 1.05 bits per heavy atom. The summed E-state index contributed by atoms with van der Waals surface area (Å²) in [5.41, 5.74) is 7.59. The molecule has 0 aromatic heterocycles. The van der Waals surface area contributed by atoms with Crippen molar-refractivity contribution in [3.63, 3.8) is 0 Å². The van der Waals surface area contributed by atoms with Crippen LogP contribution in [0.4, 0.5) is 9.59 Å². The number of rotatable bonds is 11. The molecular weight excluding hydrogens is 520 g/mol. The number of benzene rings is 1. The number of ether oxygens (including phenoxy) is 1. The van der Waals surface area contributed by atoms with Gasteiger partial charge in [-0.15, -0.1) is 0 Å². The summed E-state index contributed by atoms with van der Waals surface area (Å²) >= 11 is 0. The molecule has 2 heterocycles. The molecule has 226 valence electrons. The summed E-state index contributed by atoms with van der Waals surface area (Å²) in [6, 6.07) is 7.69. The van der Waals surface area contributed by atoms with Gasteiger partial charge in [0.05, 0.1) is 13.2 Å². The molecule has 1 unspecified atom stereocenters. The van der Waals surface area contributed by atoms with Gasteiger partial charge in [0, 0.05) is 25.7 Å². The van der Waals surface area contributed by atoms with Crippen LogP contribution < -0.4 is 16.4 Å². The monoisotopic (exact) mass is 568 g/mol. The van der Waals surface area contributed by atoms with Crippen LogP contribution in [0.3, 0.4) is 0 Å². The van der Waals surface area contributed by atoms with E-state index in [1.54, 1.807) is 16.7 Å². The number of unbranched alkanes of at least 4 members (excludes halogenated alkanes) is 1. The van der Waals surface area contributed by atoms with Crippen LogP contribution in [-0.4, -0.2) is 65.1 Å². The number of nitrogens with two attached hydrogens (primary N) is 1. The first-order chi connectivity index (χ1) is 19.8. The van der Waals surface area contributed by atoms with E-state index in [2.05, 4.69) is 17.6 Å². The fraction of sp³-hybridized carbons (Fsp3) is 0.677. The molecule has 0 bridgehead atoms. The first-order valence-electron chi connectivity index (χ1n) is 15.5. The summed E-state index contributed by atoms with van der Waals surface area (Å²) < 4.78 is 5.05. The number of hydrogen-bond acceptors (Lipinski definition) is 6. The Morgan fingerprint density at radius 3 is 2.39 bits per heavy atom. The van der Waals surface area contributed by atoms with Crippen molar-refractivity contribution >= 4 is 24.0 Å². The number of guanidine groups is 1. The number of carbonyl (C=O) groups is 3. The Kier molecular flexibility index (Phi) is 10.9. The largest absolute Gasteiger partial charge is 0.450 e. The van der Waals surface area contributed by atoms with Crippen molar-refractivity contribution in [2.75, 3.05) is 19.7 Å². The molecule has 41 heavy (non-hydrogen) atoms. The fourth-order valence-electron chi connectivity index (χ4n) is 6.36. The van der Waals surface area contributed by atoms with Gasteiger partial charge in [-0.25, -0.2) is 14.6 Å². The zero-order valence-electron chi connectivity index (χ0n) is 24.8. The van der Waals surface area contributed by atoms with E-state index in [0.717, 1.165) is 36.8 Å². The highest BCUT2D eigenvalue weighted by Gasteiger charge is 2.48. The van der Waals surface area contributed by atoms with Crippen LogP contribution in [0.25, 0.3) is 0 Å². The molecule has 1 aromatic carbocycles. The van der Waals surface area contributed by atoms with Crippen molar-refractivity contribution in [1.29, 1.82) is 0 Å². The molecule has 2 fully saturated rings.